The van der Waals surface area contributed by atoms with Crippen LogP contribution in [0.25, 0.3) is 0 Å². The second kappa shape index (κ2) is 9.20. The zero-order valence-corrected chi connectivity index (χ0v) is 17.2. The number of halogens is 1. The Morgan fingerprint density at radius 2 is 2.15 bits per heavy atom. The van der Waals surface area contributed by atoms with Crippen LogP contribution >= 0.6 is 22.6 Å². The molecule has 0 spiro atoms. The van der Waals surface area contributed by atoms with E-state index in [2.05, 4.69) is 27.9 Å². The summed E-state index contributed by atoms with van der Waals surface area (Å²) in [7, 11) is 1.56. The van der Waals surface area contributed by atoms with E-state index in [0.717, 1.165) is 3.57 Å². The normalized spacial score (nSPS) is 18.1. The van der Waals surface area contributed by atoms with Crippen molar-refractivity contribution < 1.29 is 23.9 Å². The maximum Gasteiger partial charge on any atom is 0.308 e. The zero-order chi connectivity index (χ0) is 19.3. The van der Waals surface area contributed by atoms with Crippen molar-refractivity contribution in [2.45, 2.75) is 38.8 Å². The first kappa shape index (κ1) is 20.5. The summed E-state index contributed by atoms with van der Waals surface area (Å²) in [6.07, 6.45) is 0.312. The average Bonchev–Trinajstić information content (AvgIpc) is 2.62. The van der Waals surface area contributed by atoms with Gasteiger partial charge in [0.15, 0.2) is 0 Å². The lowest BCUT2D eigenvalue weighted by atomic mass is 10.1. The quantitative estimate of drug-likeness (QED) is 0.504. The Morgan fingerprint density at radius 3 is 2.77 bits per heavy atom. The Labute approximate surface area is 166 Å². The number of benzene rings is 1. The van der Waals surface area contributed by atoms with Gasteiger partial charge in [0, 0.05) is 18.7 Å². The molecule has 0 saturated carbocycles. The van der Waals surface area contributed by atoms with E-state index in [1.807, 2.05) is 6.92 Å². The minimum Gasteiger partial charge on any atom is -0.496 e. The predicted octanol–water partition coefficient (Wildman–Crippen LogP) is 1.97. The Hall–Kier alpha value is -1.84. The van der Waals surface area contributed by atoms with Gasteiger partial charge in [0.05, 0.1) is 23.2 Å². The molecule has 1 aliphatic heterocycles. The SMILES string of the molecule is CCC(C)OC(=O)CC1C(=O)NCCN1C(=O)c1ccc(OC)c(I)c1. The maximum absolute atomic E-state index is 12.9. The molecule has 7 nitrogen and oxygen atoms in total. The second-order valence-corrected chi connectivity index (χ2v) is 7.23. The van der Waals surface area contributed by atoms with Gasteiger partial charge >= 0.3 is 5.97 Å². The van der Waals surface area contributed by atoms with Gasteiger partial charge in [-0.25, -0.2) is 0 Å². The molecule has 0 aromatic heterocycles. The first-order chi connectivity index (χ1) is 12.4. The number of ether oxygens (including phenoxy) is 2. The number of hydrogen-bond donors (Lipinski definition) is 1. The molecule has 2 amide bonds. The summed E-state index contributed by atoms with van der Waals surface area (Å²) < 4.78 is 11.3. The fourth-order valence-electron chi connectivity index (χ4n) is 2.64. The Bertz CT molecular complexity index is 694. The summed E-state index contributed by atoms with van der Waals surface area (Å²) in [5, 5.41) is 2.71. The lowest BCUT2D eigenvalue weighted by molar-refractivity contribution is -0.151. The molecule has 26 heavy (non-hydrogen) atoms. The van der Waals surface area contributed by atoms with E-state index < -0.39 is 12.0 Å². The smallest absolute Gasteiger partial charge is 0.308 e. The number of nitrogens with zero attached hydrogens (tertiary/aromatic N) is 1. The summed E-state index contributed by atoms with van der Waals surface area (Å²) in [5.41, 5.74) is 0.449. The van der Waals surface area contributed by atoms with Crippen LogP contribution in [0.1, 0.15) is 37.0 Å². The van der Waals surface area contributed by atoms with Gasteiger partial charge in [0.25, 0.3) is 5.91 Å². The second-order valence-electron chi connectivity index (χ2n) is 6.07. The van der Waals surface area contributed by atoms with E-state index in [-0.39, 0.29) is 24.3 Å². The van der Waals surface area contributed by atoms with Crippen molar-refractivity contribution in [3.05, 3.63) is 27.3 Å². The van der Waals surface area contributed by atoms with Crippen molar-refractivity contribution in [2.24, 2.45) is 0 Å². The fraction of sp³-hybridized carbons (Fsp3) is 0.500. The lowest BCUT2D eigenvalue weighted by Crippen LogP contribution is -2.58. The molecule has 2 atom stereocenters. The molecule has 1 aliphatic rings. The highest BCUT2D eigenvalue weighted by molar-refractivity contribution is 14.1. The largest absolute Gasteiger partial charge is 0.496 e. The van der Waals surface area contributed by atoms with Crippen LogP contribution in [0.2, 0.25) is 0 Å². The van der Waals surface area contributed by atoms with Gasteiger partial charge < -0.3 is 19.7 Å². The number of carbonyl (C=O) groups is 3. The number of rotatable bonds is 6. The summed E-state index contributed by atoms with van der Waals surface area (Å²) in [6.45, 7) is 4.40. The van der Waals surface area contributed by atoms with Crippen LogP contribution in [0.15, 0.2) is 18.2 Å². The third-order valence-corrected chi connectivity index (χ3v) is 5.10. The summed E-state index contributed by atoms with van der Waals surface area (Å²) in [6, 6.07) is 4.21. The number of hydrogen-bond acceptors (Lipinski definition) is 5. The molecule has 142 valence electrons. The topological polar surface area (TPSA) is 84.9 Å². The van der Waals surface area contributed by atoms with Crippen LogP contribution in [-0.4, -0.2) is 55.0 Å². The predicted molar refractivity (Wildman–Crippen MR) is 104 cm³/mol. The van der Waals surface area contributed by atoms with Gasteiger partial charge in [-0.05, 0) is 54.1 Å². The monoisotopic (exact) mass is 474 g/mol. The van der Waals surface area contributed by atoms with Crippen LogP contribution in [0.3, 0.4) is 0 Å². The van der Waals surface area contributed by atoms with Crippen LogP contribution < -0.4 is 10.1 Å². The molecule has 1 N–H and O–H groups in total. The Balaban J connectivity index is 2.18. The van der Waals surface area contributed by atoms with E-state index >= 15 is 0 Å². The standard InChI is InChI=1S/C18H23IN2O5/c1-4-11(2)26-16(22)10-14-17(23)20-7-8-21(14)18(24)12-5-6-15(25-3)13(19)9-12/h5-6,9,11,14H,4,7-8,10H2,1-3H3,(H,20,23). The van der Waals surface area contributed by atoms with Gasteiger partial charge in [-0.3, -0.25) is 14.4 Å². The average molecular weight is 474 g/mol. The van der Waals surface area contributed by atoms with Crippen LogP contribution in [0.4, 0.5) is 0 Å². The van der Waals surface area contributed by atoms with Crippen LogP contribution in [-0.2, 0) is 14.3 Å². The number of carbonyl (C=O) groups excluding carboxylic acids is 3. The van der Waals surface area contributed by atoms with Crippen molar-refractivity contribution in [3.63, 3.8) is 0 Å². The van der Waals surface area contributed by atoms with E-state index in [1.165, 1.54) is 4.90 Å². The zero-order valence-electron chi connectivity index (χ0n) is 15.1. The van der Waals surface area contributed by atoms with Crippen LogP contribution in [0, 0.1) is 3.57 Å². The maximum atomic E-state index is 12.9. The molecular weight excluding hydrogens is 451 g/mol. The van der Waals surface area contributed by atoms with Crippen molar-refractivity contribution in [3.8, 4) is 5.75 Å². The summed E-state index contributed by atoms with van der Waals surface area (Å²) in [4.78, 5) is 38.7. The van der Waals surface area contributed by atoms with Gasteiger partial charge in [-0.15, -0.1) is 0 Å². The molecule has 1 heterocycles. The van der Waals surface area contributed by atoms with E-state index in [9.17, 15) is 14.4 Å². The lowest BCUT2D eigenvalue weighted by Gasteiger charge is -2.34. The third kappa shape index (κ3) is 4.87. The highest BCUT2D eigenvalue weighted by Crippen LogP contribution is 2.23. The van der Waals surface area contributed by atoms with Crippen molar-refractivity contribution in [1.82, 2.24) is 10.2 Å². The fourth-order valence-corrected chi connectivity index (χ4v) is 3.38. The molecular formula is C18H23IN2O5. The molecule has 2 unspecified atom stereocenters. The van der Waals surface area contributed by atoms with E-state index in [1.54, 1.807) is 32.2 Å². The number of amides is 2. The molecule has 1 aromatic carbocycles. The number of esters is 1. The molecule has 2 rings (SSSR count). The first-order valence-electron chi connectivity index (χ1n) is 8.49. The highest BCUT2D eigenvalue weighted by Gasteiger charge is 2.36. The minimum absolute atomic E-state index is 0.158. The van der Waals surface area contributed by atoms with Gasteiger partial charge in [0.2, 0.25) is 5.91 Å². The molecule has 0 bridgehead atoms. The Kier molecular flexibility index (Phi) is 7.24. The highest BCUT2D eigenvalue weighted by atomic mass is 127. The van der Waals surface area contributed by atoms with Crippen molar-refractivity contribution in [1.29, 1.82) is 0 Å². The number of piperazine rings is 1. The molecule has 1 aromatic rings. The van der Waals surface area contributed by atoms with E-state index in [4.69, 9.17) is 9.47 Å². The molecule has 1 saturated heterocycles. The molecule has 0 aliphatic carbocycles. The van der Waals surface area contributed by atoms with Gasteiger partial charge in [-0.1, -0.05) is 6.92 Å². The Morgan fingerprint density at radius 1 is 1.42 bits per heavy atom. The van der Waals surface area contributed by atoms with Gasteiger partial charge in [-0.2, -0.15) is 0 Å². The molecule has 1 fully saturated rings. The number of nitrogens with one attached hydrogen (secondary N) is 1. The number of methoxy groups -OCH3 is 1. The van der Waals surface area contributed by atoms with Gasteiger partial charge in [0.1, 0.15) is 11.8 Å². The van der Waals surface area contributed by atoms with Crippen LogP contribution in [0.5, 0.6) is 5.75 Å². The van der Waals surface area contributed by atoms with Crippen molar-refractivity contribution >= 4 is 40.4 Å². The summed E-state index contributed by atoms with van der Waals surface area (Å²) in [5.74, 6) is -0.439. The van der Waals surface area contributed by atoms with E-state index in [0.29, 0.717) is 30.8 Å². The molecule has 8 heteroatoms. The first-order valence-corrected chi connectivity index (χ1v) is 9.57. The summed E-state index contributed by atoms with van der Waals surface area (Å²) >= 11 is 2.09. The minimum atomic E-state index is -0.868. The third-order valence-electron chi connectivity index (χ3n) is 4.26. The molecule has 0 radical (unpaired) electrons. The van der Waals surface area contributed by atoms with Crippen molar-refractivity contribution in [2.75, 3.05) is 20.2 Å².